The summed E-state index contributed by atoms with van der Waals surface area (Å²) in [6.45, 7) is 7.97. The third kappa shape index (κ3) is 7.81. The van der Waals surface area contributed by atoms with Gasteiger partial charge in [-0.3, -0.25) is 0 Å². The van der Waals surface area contributed by atoms with E-state index in [0.717, 1.165) is 44.9 Å². The number of rotatable bonds is 9. The van der Waals surface area contributed by atoms with Gasteiger partial charge < -0.3 is 89.0 Å². The molecule has 18 heteroatoms. The average molecular weight is 901 g/mol. The Morgan fingerprint density at radius 2 is 1.35 bits per heavy atom. The zero-order valence-electron chi connectivity index (χ0n) is 36.8. The van der Waals surface area contributed by atoms with Crippen molar-refractivity contribution in [3.8, 4) is 0 Å². The van der Waals surface area contributed by atoms with Gasteiger partial charge in [0.05, 0.1) is 38.1 Å². The molecule has 26 atom stereocenters. The highest BCUT2D eigenvalue weighted by atomic mass is 16.8. The number of allylic oxidation sites excluding steroid dienone is 1. The molecule has 0 aromatic heterocycles. The Hall–Kier alpha value is -0.980. The lowest BCUT2D eigenvalue weighted by atomic mass is 9.47. The van der Waals surface area contributed by atoms with Crippen molar-refractivity contribution in [1.29, 1.82) is 0 Å². The molecule has 5 heterocycles. The molecule has 10 N–H and O–H groups in total. The van der Waals surface area contributed by atoms with E-state index < -0.39 is 117 Å². The third-order valence-corrected chi connectivity index (χ3v) is 17.8. The van der Waals surface area contributed by atoms with Gasteiger partial charge in [0.1, 0.15) is 67.1 Å². The number of ether oxygens (including phenoxy) is 8. The fraction of sp³-hybridized carbons (Fsp3) is 0.956. The van der Waals surface area contributed by atoms with E-state index in [4.69, 9.17) is 37.9 Å². The number of hydrogen-bond donors (Lipinski definition) is 10. The predicted octanol–water partition coefficient (Wildman–Crippen LogP) is -0.813. The van der Waals surface area contributed by atoms with Crippen LogP contribution in [-0.4, -0.2) is 188 Å². The Kier molecular flexibility index (Phi) is 13.3. The first-order chi connectivity index (χ1) is 30.0. The predicted molar refractivity (Wildman–Crippen MR) is 216 cm³/mol. The van der Waals surface area contributed by atoms with Gasteiger partial charge in [0.25, 0.3) is 0 Å². The summed E-state index contributed by atoms with van der Waals surface area (Å²) in [4.78, 5) is 0. The Morgan fingerprint density at radius 3 is 2.03 bits per heavy atom. The molecule has 0 unspecified atom stereocenters. The van der Waals surface area contributed by atoms with E-state index in [2.05, 4.69) is 26.8 Å². The maximum Gasteiger partial charge on any atom is 0.187 e. The Balaban J connectivity index is 0.912. The van der Waals surface area contributed by atoms with E-state index in [1.54, 1.807) is 0 Å². The highest BCUT2D eigenvalue weighted by Crippen LogP contribution is 2.70. The molecule has 18 nitrogen and oxygen atoms in total. The quantitative estimate of drug-likeness (QED) is 0.127. The smallest absolute Gasteiger partial charge is 0.187 e. The summed E-state index contributed by atoms with van der Waals surface area (Å²) in [7, 11) is 0. The molecular weight excluding hydrogens is 828 g/mol. The van der Waals surface area contributed by atoms with Gasteiger partial charge in [-0.15, -0.1) is 0 Å². The van der Waals surface area contributed by atoms with Crippen molar-refractivity contribution in [2.24, 2.45) is 46.3 Å². The summed E-state index contributed by atoms with van der Waals surface area (Å²) in [5.41, 5.74) is 1.39. The summed E-state index contributed by atoms with van der Waals surface area (Å²) in [6, 6.07) is 0. The van der Waals surface area contributed by atoms with Crippen molar-refractivity contribution in [2.45, 2.75) is 196 Å². The van der Waals surface area contributed by atoms with E-state index in [1.807, 2.05) is 0 Å². The maximum absolute atomic E-state index is 12.0. The molecule has 8 fully saturated rings. The van der Waals surface area contributed by atoms with Crippen molar-refractivity contribution < 1.29 is 89.0 Å². The van der Waals surface area contributed by atoms with Crippen LogP contribution in [0.25, 0.3) is 0 Å². The first kappa shape index (κ1) is 47.1. The lowest BCUT2D eigenvalue weighted by Crippen LogP contribution is -2.67. The molecular formula is C45H72O18. The van der Waals surface area contributed by atoms with Gasteiger partial charge >= 0.3 is 0 Å². The maximum atomic E-state index is 12.0. The van der Waals surface area contributed by atoms with Crippen LogP contribution >= 0.6 is 0 Å². The molecule has 9 aliphatic rings. The minimum absolute atomic E-state index is 0.0603. The first-order valence-electron chi connectivity index (χ1n) is 23.5. The van der Waals surface area contributed by atoms with E-state index in [-0.39, 0.29) is 35.4 Å². The topological polar surface area (TPSA) is 276 Å². The second-order valence-corrected chi connectivity index (χ2v) is 21.0. The van der Waals surface area contributed by atoms with Crippen molar-refractivity contribution >= 4 is 0 Å². The highest BCUT2D eigenvalue weighted by Gasteiger charge is 2.69. The van der Waals surface area contributed by atoms with Crippen LogP contribution in [0.5, 0.6) is 0 Å². The van der Waals surface area contributed by atoms with Gasteiger partial charge in [-0.1, -0.05) is 32.4 Å². The minimum atomic E-state index is -1.82. The van der Waals surface area contributed by atoms with Crippen LogP contribution in [0.15, 0.2) is 11.6 Å². The molecule has 0 aromatic carbocycles. The standard InChI is InChI=1S/C45H72O18/c1-19-30-27(63-45(19)12-7-21(15-46)18-56-45)14-26-24-6-5-22-13-23(8-10-43(22,3)25(24)9-11-44(26,30)4)58-42-39(62-40-35(53)33(51)31(49)20(2)57-40)37(55)38(29(17-48)60-42)61-41-36(54)34(52)32(50)28(16-47)59-41/h5,19-21,23-42,46-55H,6-18H2,1-4H3/t19-,20-,21-,23-,24+,25-,26-,27-,28+,29+,30-,31-,32+,33+,34-,35+,36+,37-,38+,39+,40-,41-,42+,43-,44-,45+/m0/s1. The van der Waals surface area contributed by atoms with Gasteiger partial charge in [0, 0.05) is 24.9 Å². The Bertz CT molecular complexity index is 1630. The number of fused-ring (bicyclic) bond motifs is 7. The van der Waals surface area contributed by atoms with Crippen LogP contribution in [0, 0.1) is 46.3 Å². The molecule has 0 aromatic rings. The molecule has 4 aliphatic carbocycles. The molecule has 0 amide bonds. The molecule has 63 heavy (non-hydrogen) atoms. The largest absolute Gasteiger partial charge is 0.396 e. The first-order valence-corrected chi connectivity index (χ1v) is 23.5. The summed E-state index contributed by atoms with van der Waals surface area (Å²) >= 11 is 0. The van der Waals surface area contributed by atoms with Crippen LogP contribution in [0.4, 0.5) is 0 Å². The molecule has 5 aliphatic heterocycles. The molecule has 0 bridgehead atoms. The zero-order chi connectivity index (χ0) is 44.9. The Morgan fingerprint density at radius 1 is 0.667 bits per heavy atom. The molecule has 1 spiro atoms. The van der Waals surface area contributed by atoms with Gasteiger partial charge in [-0.05, 0) is 92.8 Å². The zero-order valence-corrected chi connectivity index (χ0v) is 36.8. The third-order valence-electron chi connectivity index (χ3n) is 17.8. The van der Waals surface area contributed by atoms with Gasteiger partial charge in [0.2, 0.25) is 0 Å². The number of aliphatic hydroxyl groups excluding tert-OH is 10. The SMILES string of the molecule is C[C@@H]1O[C@@H](O[C@H]2[C@H](O[C@H]3CC[C@@]4(C)C(=CC[C@H]5[C@@H]6C[C@@H]7O[C@]8(CC[C@@H](CO)CO8)[C@@H](C)[C@@H]7[C@@]6(C)CC[C@@H]54)C3)O[C@H](CO)[C@@H](O[C@@H]3O[C@H](CO)[C@@H](O)[C@H](O)[C@H]3O)[C@@H]2O)[C@H](O)[C@H](O)[C@H]1O. The van der Waals surface area contributed by atoms with E-state index >= 15 is 0 Å². The second kappa shape index (κ2) is 17.8. The molecule has 3 saturated carbocycles. The Labute approximate surface area is 368 Å². The summed E-state index contributed by atoms with van der Waals surface area (Å²) in [5.74, 6) is 1.81. The average Bonchev–Trinajstić information content (AvgIpc) is 3.72. The second-order valence-electron chi connectivity index (χ2n) is 21.0. The van der Waals surface area contributed by atoms with E-state index in [9.17, 15) is 51.1 Å². The van der Waals surface area contributed by atoms with Crippen LogP contribution in [0.2, 0.25) is 0 Å². The lowest BCUT2D eigenvalue weighted by molar-refractivity contribution is -0.389. The monoisotopic (exact) mass is 900 g/mol. The van der Waals surface area contributed by atoms with Gasteiger partial charge in [-0.2, -0.15) is 0 Å². The minimum Gasteiger partial charge on any atom is -0.396 e. The fourth-order valence-electron chi connectivity index (χ4n) is 14.1. The normalized spacial score (nSPS) is 56.9. The van der Waals surface area contributed by atoms with Crippen molar-refractivity contribution in [2.75, 3.05) is 26.4 Å². The number of aliphatic hydroxyl groups is 10. The van der Waals surface area contributed by atoms with Crippen molar-refractivity contribution in [1.82, 2.24) is 0 Å². The van der Waals surface area contributed by atoms with Gasteiger partial charge in [-0.25, -0.2) is 0 Å². The summed E-state index contributed by atoms with van der Waals surface area (Å²) in [5, 5.41) is 105. The molecule has 0 radical (unpaired) electrons. The lowest BCUT2D eigenvalue weighted by Gasteiger charge is -2.59. The molecule has 9 rings (SSSR count). The van der Waals surface area contributed by atoms with Crippen molar-refractivity contribution in [3.05, 3.63) is 11.6 Å². The van der Waals surface area contributed by atoms with E-state index in [1.165, 1.54) is 12.5 Å². The highest BCUT2D eigenvalue weighted by molar-refractivity contribution is 5.26. The van der Waals surface area contributed by atoms with E-state index in [0.29, 0.717) is 43.1 Å². The number of hydrogen-bond acceptors (Lipinski definition) is 18. The van der Waals surface area contributed by atoms with Crippen LogP contribution in [0.1, 0.15) is 85.5 Å². The van der Waals surface area contributed by atoms with Crippen LogP contribution < -0.4 is 0 Å². The summed E-state index contributed by atoms with van der Waals surface area (Å²) in [6.07, 6.45) is -12.8. The summed E-state index contributed by atoms with van der Waals surface area (Å²) < 4.78 is 49.8. The fourth-order valence-corrected chi connectivity index (χ4v) is 14.1. The van der Waals surface area contributed by atoms with Crippen LogP contribution in [0.3, 0.4) is 0 Å². The van der Waals surface area contributed by atoms with Gasteiger partial charge in [0.15, 0.2) is 24.7 Å². The molecule has 5 saturated heterocycles. The van der Waals surface area contributed by atoms with Crippen LogP contribution in [-0.2, 0) is 37.9 Å². The molecule has 360 valence electrons. The van der Waals surface area contributed by atoms with Crippen molar-refractivity contribution in [3.63, 3.8) is 0 Å².